The van der Waals surface area contributed by atoms with Gasteiger partial charge in [-0.3, -0.25) is 4.72 Å². The molecular weight excluding hydrogens is 314 g/mol. The van der Waals surface area contributed by atoms with Gasteiger partial charge in [-0.15, -0.1) is 11.3 Å². The number of rotatable bonds is 4. The lowest BCUT2D eigenvalue weighted by Crippen LogP contribution is -2.17. The van der Waals surface area contributed by atoms with E-state index in [0.717, 1.165) is 23.5 Å². The second-order valence-electron chi connectivity index (χ2n) is 3.94. The smallest absolute Gasteiger partial charge is 0.337 e. The van der Waals surface area contributed by atoms with E-state index >= 15 is 0 Å². The molecule has 0 amide bonds. The molecule has 0 fully saturated rings. The third-order valence-electron chi connectivity index (χ3n) is 2.54. The molecule has 0 aliphatic rings. The number of sulfonamides is 1. The third-order valence-corrected chi connectivity index (χ3v) is 4.90. The van der Waals surface area contributed by atoms with Crippen LogP contribution in [0, 0.1) is 11.3 Å². The van der Waals surface area contributed by atoms with E-state index in [4.69, 9.17) is 16.1 Å². The standard InChI is InChI=1S/C12H9N3O4S2/c13-6-7-3-4-20-11(7)15-21(18,19)10-2-1-8(14)5-9(10)12(16)17/h1-5,15H,14H2,(H,16,17). The fourth-order valence-electron chi connectivity index (χ4n) is 1.60. The van der Waals surface area contributed by atoms with Gasteiger partial charge in [0, 0.05) is 5.69 Å². The monoisotopic (exact) mass is 323 g/mol. The van der Waals surface area contributed by atoms with Crippen molar-refractivity contribution in [1.29, 1.82) is 5.26 Å². The second-order valence-corrected chi connectivity index (χ2v) is 6.51. The lowest BCUT2D eigenvalue weighted by atomic mass is 10.2. The number of aromatic carboxylic acids is 1. The van der Waals surface area contributed by atoms with Gasteiger partial charge in [-0.05, 0) is 29.6 Å². The molecule has 0 spiro atoms. The molecule has 1 heterocycles. The molecule has 4 N–H and O–H groups in total. The molecule has 0 radical (unpaired) electrons. The number of nitrogen functional groups attached to an aromatic ring is 1. The van der Waals surface area contributed by atoms with Crippen LogP contribution >= 0.6 is 11.3 Å². The molecule has 9 heteroatoms. The maximum Gasteiger partial charge on any atom is 0.337 e. The molecule has 1 aromatic carbocycles. The number of anilines is 2. The Hall–Kier alpha value is -2.57. The van der Waals surface area contributed by atoms with Crippen LogP contribution in [-0.2, 0) is 10.0 Å². The molecule has 0 aliphatic carbocycles. The van der Waals surface area contributed by atoms with E-state index in [1.54, 1.807) is 5.38 Å². The topological polar surface area (TPSA) is 133 Å². The fourth-order valence-corrected chi connectivity index (χ4v) is 3.85. The quantitative estimate of drug-likeness (QED) is 0.733. The Morgan fingerprint density at radius 2 is 2.10 bits per heavy atom. The molecule has 0 atom stereocenters. The largest absolute Gasteiger partial charge is 0.478 e. The Kier molecular flexibility index (Phi) is 3.84. The third kappa shape index (κ3) is 2.96. The lowest BCUT2D eigenvalue weighted by molar-refractivity contribution is 0.0692. The minimum atomic E-state index is -4.14. The summed E-state index contributed by atoms with van der Waals surface area (Å²) in [5, 5.41) is 19.6. The maximum absolute atomic E-state index is 12.3. The van der Waals surface area contributed by atoms with Crippen molar-refractivity contribution < 1.29 is 18.3 Å². The van der Waals surface area contributed by atoms with Crippen LogP contribution in [0.25, 0.3) is 0 Å². The average molecular weight is 323 g/mol. The number of thiophene rings is 1. The second kappa shape index (κ2) is 5.43. The summed E-state index contributed by atoms with van der Waals surface area (Å²) in [4.78, 5) is 10.7. The van der Waals surface area contributed by atoms with Gasteiger partial charge >= 0.3 is 5.97 Å². The number of nitrogens with one attached hydrogen (secondary N) is 1. The zero-order valence-electron chi connectivity index (χ0n) is 10.4. The summed E-state index contributed by atoms with van der Waals surface area (Å²) in [6.45, 7) is 0. The zero-order valence-corrected chi connectivity index (χ0v) is 12.0. The van der Waals surface area contributed by atoms with Crippen molar-refractivity contribution in [2.75, 3.05) is 10.5 Å². The molecule has 0 bridgehead atoms. The van der Waals surface area contributed by atoms with Crippen molar-refractivity contribution in [1.82, 2.24) is 0 Å². The van der Waals surface area contributed by atoms with Crippen LogP contribution in [-0.4, -0.2) is 19.5 Å². The maximum atomic E-state index is 12.3. The summed E-state index contributed by atoms with van der Waals surface area (Å²) in [5.41, 5.74) is 5.34. The first-order valence-corrected chi connectivity index (χ1v) is 7.84. The molecular formula is C12H9N3O4S2. The van der Waals surface area contributed by atoms with E-state index in [2.05, 4.69) is 4.72 Å². The molecule has 108 valence electrons. The molecule has 0 saturated carbocycles. The Bertz CT molecular complexity index is 850. The summed E-state index contributed by atoms with van der Waals surface area (Å²) < 4.78 is 26.8. The van der Waals surface area contributed by atoms with Crippen molar-refractivity contribution >= 4 is 38.0 Å². The van der Waals surface area contributed by atoms with Crippen LogP contribution in [0.2, 0.25) is 0 Å². The van der Waals surface area contributed by atoms with Gasteiger partial charge in [0.25, 0.3) is 10.0 Å². The predicted molar refractivity (Wildman–Crippen MR) is 77.7 cm³/mol. The molecule has 0 aliphatic heterocycles. The minimum Gasteiger partial charge on any atom is -0.478 e. The van der Waals surface area contributed by atoms with Gasteiger partial charge in [0.05, 0.1) is 11.1 Å². The van der Waals surface area contributed by atoms with Crippen molar-refractivity contribution in [2.45, 2.75) is 4.90 Å². The summed E-state index contributed by atoms with van der Waals surface area (Å²) in [6.07, 6.45) is 0. The normalized spacial score (nSPS) is 10.8. The van der Waals surface area contributed by atoms with E-state index in [9.17, 15) is 13.2 Å². The summed E-state index contributed by atoms with van der Waals surface area (Å²) in [7, 11) is -4.14. The first-order chi connectivity index (χ1) is 9.85. The number of nitrogens with zero attached hydrogens (tertiary/aromatic N) is 1. The van der Waals surface area contributed by atoms with Crippen LogP contribution in [0.5, 0.6) is 0 Å². The SMILES string of the molecule is N#Cc1ccsc1NS(=O)(=O)c1ccc(N)cc1C(=O)O. The first-order valence-electron chi connectivity index (χ1n) is 5.48. The van der Waals surface area contributed by atoms with Crippen LogP contribution in [0.4, 0.5) is 10.7 Å². The van der Waals surface area contributed by atoms with Gasteiger partial charge in [0.1, 0.15) is 16.0 Å². The van der Waals surface area contributed by atoms with Crippen molar-refractivity contribution in [3.05, 3.63) is 40.8 Å². The van der Waals surface area contributed by atoms with Crippen molar-refractivity contribution in [3.8, 4) is 6.07 Å². The zero-order chi connectivity index (χ0) is 15.6. The first kappa shape index (κ1) is 14.8. The number of carboxylic acids is 1. The molecule has 21 heavy (non-hydrogen) atoms. The average Bonchev–Trinajstić information content (AvgIpc) is 2.84. The van der Waals surface area contributed by atoms with Crippen molar-refractivity contribution in [2.24, 2.45) is 0 Å². The van der Waals surface area contributed by atoms with Gasteiger partial charge in [0.2, 0.25) is 0 Å². The molecule has 2 aromatic rings. The highest BCUT2D eigenvalue weighted by molar-refractivity contribution is 7.93. The van der Waals surface area contributed by atoms with E-state index in [1.807, 2.05) is 6.07 Å². The number of hydrogen-bond acceptors (Lipinski definition) is 6. The fraction of sp³-hybridized carbons (Fsp3) is 0. The van der Waals surface area contributed by atoms with Gasteiger partial charge in [-0.1, -0.05) is 0 Å². The summed E-state index contributed by atoms with van der Waals surface area (Å²) >= 11 is 1.03. The molecule has 0 unspecified atom stereocenters. The Balaban J connectivity index is 2.51. The molecule has 0 saturated heterocycles. The number of carboxylic acid groups (broad SMARTS) is 1. The van der Waals surface area contributed by atoms with Gasteiger partial charge in [0.15, 0.2) is 0 Å². The highest BCUT2D eigenvalue weighted by Crippen LogP contribution is 2.27. The van der Waals surface area contributed by atoms with Crippen LogP contribution in [0.1, 0.15) is 15.9 Å². The summed E-state index contributed by atoms with van der Waals surface area (Å²) in [6, 6.07) is 6.78. The number of benzene rings is 1. The van der Waals surface area contributed by atoms with E-state index in [-0.39, 0.29) is 16.3 Å². The predicted octanol–water partition coefficient (Wildman–Crippen LogP) is 1.70. The van der Waals surface area contributed by atoms with Crippen LogP contribution < -0.4 is 10.5 Å². The number of nitriles is 1. The van der Waals surface area contributed by atoms with Crippen molar-refractivity contribution in [3.63, 3.8) is 0 Å². The van der Waals surface area contributed by atoms with Crippen LogP contribution in [0.15, 0.2) is 34.5 Å². The highest BCUT2D eigenvalue weighted by atomic mass is 32.2. The Labute approximate surface area is 124 Å². The van der Waals surface area contributed by atoms with Gasteiger partial charge in [-0.25, -0.2) is 13.2 Å². The number of nitrogens with two attached hydrogens (primary N) is 1. The van der Waals surface area contributed by atoms with E-state index in [1.165, 1.54) is 12.1 Å². The highest BCUT2D eigenvalue weighted by Gasteiger charge is 2.24. The minimum absolute atomic E-state index is 0.130. The van der Waals surface area contributed by atoms with Crippen LogP contribution in [0.3, 0.4) is 0 Å². The Morgan fingerprint density at radius 1 is 1.38 bits per heavy atom. The van der Waals surface area contributed by atoms with Gasteiger partial charge < -0.3 is 10.8 Å². The Morgan fingerprint density at radius 3 is 2.71 bits per heavy atom. The molecule has 7 nitrogen and oxygen atoms in total. The number of hydrogen-bond donors (Lipinski definition) is 3. The van der Waals surface area contributed by atoms with Gasteiger partial charge in [-0.2, -0.15) is 5.26 Å². The lowest BCUT2D eigenvalue weighted by Gasteiger charge is -2.10. The molecule has 1 aromatic heterocycles. The molecule has 2 rings (SSSR count). The number of carbonyl (C=O) groups is 1. The van der Waals surface area contributed by atoms with E-state index < -0.39 is 26.5 Å². The summed E-state index contributed by atoms with van der Waals surface area (Å²) in [5.74, 6) is -1.41. The van der Waals surface area contributed by atoms with E-state index in [0.29, 0.717) is 0 Å².